The Labute approximate surface area is 188 Å². The van der Waals surface area contributed by atoms with Crippen LogP contribution in [0.25, 0.3) is 6.08 Å². The number of nitrogens with two attached hydrogens (primary N) is 1. The summed E-state index contributed by atoms with van der Waals surface area (Å²) in [6, 6.07) is 21.1. The lowest BCUT2D eigenvalue weighted by Crippen LogP contribution is -2.30. The van der Waals surface area contributed by atoms with Crippen molar-refractivity contribution in [2.24, 2.45) is 5.14 Å². The predicted molar refractivity (Wildman–Crippen MR) is 122 cm³/mol. The van der Waals surface area contributed by atoms with E-state index in [1.807, 2.05) is 6.07 Å². The zero-order valence-corrected chi connectivity index (χ0v) is 18.5. The van der Waals surface area contributed by atoms with Crippen LogP contribution in [0.4, 0.5) is 5.69 Å². The van der Waals surface area contributed by atoms with Crippen molar-refractivity contribution in [2.45, 2.75) is 4.90 Å². The molecule has 0 aromatic heterocycles. The van der Waals surface area contributed by atoms with Crippen molar-refractivity contribution in [2.75, 3.05) is 5.32 Å². The Morgan fingerprint density at radius 1 is 0.903 bits per heavy atom. The first-order valence-electron chi connectivity index (χ1n) is 9.00. The van der Waals surface area contributed by atoms with E-state index in [9.17, 15) is 18.0 Å². The summed E-state index contributed by atoms with van der Waals surface area (Å²) in [5, 5.41) is 10.4. The number of primary sulfonamides is 1. The van der Waals surface area contributed by atoms with Crippen LogP contribution in [0.5, 0.6) is 0 Å². The van der Waals surface area contributed by atoms with Gasteiger partial charge in [-0.05, 0) is 60.2 Å². The standard InChI is InChI=1S/C22H18BrN3O4S/c23-17-8-4-5-15(13-17)14-20(26-21(27)16-6-2-1-3-7-16)22(28)25-18-9-11-19(12-10-18)31(24,29)30/h1-14H,(H,25,28)(H,26,27)(H2,24,29,30)/b20-14-. The molecule has 0 spiro atoms. The maximum absolute atomic E-state index is 12.9. The fourth-order valence-electron chi connectivity index (χ4n) is 2.63. The van der Waals surface area contributed by atoms with Gasteiger partial charge in [-0.15, -0.1) is 0 Å². The van der Waals surface area contributed by atoms with Crippen molar-refractivity contribution in [3.05, 3.63) is 100 Å². The third-order valence-electron chi connectivity index (χ3n) is 4.13. The molecule has 3 rings (SSSR count). The number of hydrogen-bond acceptors (Lipinski definition) is 4. The van der Waals surface area contributed by atoms with Crippen molar-refractivity contribution >= 4 is 49.5 Å². The Kier molecular flexibility index (Phi) is 7.01. The molecule has 0 aliphatic carbocycles. The maximum Gasteiger partial charge on any atom is 0.272 e. The molecule has 0 saturated carbocycles. The van der Waals surface area contributed by atoms with Gasteiger partial charge in [0.05, 0.1) is 4.90 Å². The van der Waals surface area contributed by atoms with Gasteiger partial charge >= 0.3 is 0 Å². The Morgan fingerprint density at radius 3 is 2.19 bits per heavy atom. The van der Waals surface area contributed by atoms with Gasteiger partial charge in [0, 0.05) is 15.7 Å². The lowest BCUT2D eigenvalue weighted by Gasteiger charge is -2.12. The second-order valence-electron chi connectivity index (χ2n) is 6.46. The largest absolute Gasteiger partial charge is 0.321 e. The third-order valence-corrected chi connectivity index (χ3v) is 5.55. The summed E-state index contributed by atoms with van der Waals surface area (Å²) >= 11 is 3.38. The van der Waals surface area contributed by atoms with Crippen molar-refractivity contribution in [1.29, 1.82) is 0 Å². The highest BCUT2D eigenvalue weighted by atomic mass is 79.9. The first-order chi connectivity index (χ1) is 14.7. The number of rotatable bonds is 6. The molecular formula is C22H18BrN3O4S. The van der Waals surface area contributed by atoms with E-state index in [2.05, 4.69) is 26.6 Å². The predicted octanol–water partition coefficient (Wildman–Crippen LogP) is 3.51. The summed E-state index contributed by atoms with van der Waals surface area (Å²) in [5.74, 6) is -1.02. The minimum Gasteiger partial charge on any atom is -0.321 e. The summed E-state index contributed by atoms with van der Waals surface area (Å²) < 4.78 is 23.6. The molecule has 0 unspecified atom stereocenters. The molecule has 3 aromatic carbocycles. The van der Waals surface area contributed by atoms with E-state index in [-0.39, 0.29) is 10.6 Å². The fourth-order valence-corrected chi connectivity index (χ4v) is 3.56. The Hall–Kier alpha value is -3.27. The lowest BCUT2D eigenvalue weighted by molar-refractivity contribution is -0.113. The zero-order chi connectivity index (χ0) is 22.4. The van der Waals surface area contributed by atoms with Gasteiger partial charge in [0.25, 0.3) is 11.8 Å². The lowest BCUT2D eigenvalue weighted by atomic mass is 10.1. The van der Waals surface area contributed by atoms with Crippen LogP contribution in [0, 0.1) is 0 Å². The first kappa shape index (κ1) is 22.4. The van der Waals surface area contributed by atoms with Crippen LogP contribution in [-0.2, 0) is 14.8 Å². The second kappa shape index (κ2) is 9.69. The highest BCUT2D eigenvalue weighted by Gasteiger charge is 2.16. The maximum atomic E-state index is 12.9. The summed E-state index contributed by atoms with van der Waals surface area (Å²) in [5.41, 5.74) is 1.44. The molecule has 158 valence electrons. The van der Waals surface area contributed by atoms with Gasteiger partial charge in [0.15, 0.2) is 0 Å². The van der Waals surface area contributed by atoms with Gasteiger partial charge in [0.1, 0.15) is 5.70 Å². The molecule has 7 nitrogen and oxygen atoms in total. The number of carbonyl (C=O) groups is 2. The fraction of sp³-hybridized carbons (Fsp3) is 0. The monoisotopic (exact) mass is 499 g/mol. The smallest absolute Gasteiger partial charge is 0.272 e. The highest BCUT2D eigenvalue weighted by Crippen LogP contribution is 2.17. The van der Waals surface area contributed by atoms with Crippen molar-refractivity contribution in [1.82, 2.24) is 5.32 Å². The molecule has 0 heterocycles. The van der Waals surface area contributed by atoms with Crippen LogP contribution in [-0.4, -0.2) is 20.2 Å². The summed E-state index contributed by atoms with van der Waals surface area (Å²) in [6.07, 6.45) is 1.54. The molecule has 9 heteroatoms. The van der Waals surface area contributed by atoms with Gasteiger partial charge in [-0.2, -0.15) is 0 Å². The van der Waals surface area contributed by atoms with E-state index < -0.39 is 21.8 Å². The summed E-state index contributed by atoms with van der Waals surface area (Å²) in [4.78, 5) is 25.4. The van der Waals surface area contributed by atoms with E-state index in [1.54, 1.807) is 54.6 Å². The normalized spacial score (nSPS) is 11.6. The number of amides is 2. The molecule has 0 bridgehead atoms. The molecule has 0 radical (unpaired) electrons. The topological polar surface area (TPSA) is 118 Å². The number of sulfonamides is 1. The Balaban J connectivity index is 1.88. The van der Waals surface area contributed by atoms with Gasteiger partial charge < -0.3 is 10.6 Å². The van der Waals surface area contributed by atoms with Crippen LogP contribution in [0.2, 0.25) is 0 Å². The first-order valence-corrected chi connectivity index (χ1v) is 11.3. The van der Waals surface area contributed by atoms with Crippen LogP contribution in [0.15, 0.2) is 93.9 Å². The Morgan fingerprint density at radius 2 is 1.58 bits per heavy atom. The molecule has 0 aliphatic rings. The number of nitrogens with one attached hydrogen (secondary N) is 2. The summed E-state index contributed by atoms with van der Waals surface area (Å²) in [6.45, 7) is 0. The molecule has 0 fully saturated rings. The van der Waals surface area contributed by atoms with Gasteiger partial charge in [-0.25, -0.2) is 13.6 Å². The molecule has 31 heavy (non-hydrogen) atoms. The van der Waals surface area contributed by atoms with Gasteiger partial charge in [-0.1, -0.05) is 46.3 Å². The van der Waals surface area contributed by atoms with E-state index in [0.717, 1.165) is 4.47 Å². The summed E-state index contributed by atoms with van der Waals surface area (Å²) in [7, 11) is -3.84. The van der Waals surface area contributed by atoms with Crippen LogP contribution >= 0.6 is 15.9 Å². The SMILES string of the molecule is NS(=O)(=O)c1ccc(NC(=O)/C(=C/c2cccc(Br)c2)NC(=O)c2ccccc2)cc1. The molecule has 2 amide bonds. The average Bonchev–Trinajstić information content (AvgIpc) is 2.73. The van der Waals surface area contributed by atoms with Crippen molar-refractivity contribution in [3.63, 3.8) is 0 Å². The third kappa shape index (κ3) is 6.35. The van der Waals surface area contributed by atoms with Crippen molar-refractivity contribution < 1.29 is 18.0 Å². The number of anilines is 1. The second-order valence-corrected chi connectivity index (χ2v) is 8.93. The van der Waals surface area contributed by atoms with Gasteiger partial charge in [-0.3, -0.25) is 9.59 Å². The van der Waals surface area contributed by atoms with Gasteiger partial charge in [0.2, 0.25) is 10.0 Å². The van der Waals surface area contributed by atoms with E-state index >= 15 is 0 Å². The molecule has 0 saturated heterocycles. The minimum atomic E-state index is -3.84. The van der Waals surface area contributed by atoms with E-state index in [0.29, 0.717) is 16.8 Å². The molecule has 4 N–H and O–H groups in total. The number of carbonyl (C=O) groups excluding carboxylic acids is 2. The van der Waals surface area contributed by atoms with Crippen LogP contribution in [0.1, 0.15) is 15.9 Å². The molecule has 0 aliphatic heterocycles. The van der Waals surface area contributed by atoms with Crippen molar-refractivity contribution in [3.8, 4) is 0 Å². The number of benzene rings is 3. The van der Waals surface area contributed by atoms with E-state index in [4.69, 9.17) is 5.14 Å². The molecule has 0 atom stereocenters. The van der Waals surface area contributed by atoms with Crippen LogP contribution in [0.3, 0.4) is 0 Å². The van der Waals surface area contributed by atoms with E-state index in [1.165, 1.54) is 24.3 Å². The number of hydrogen-bond donors (Lipinski definition) is 3. The minimum absolute atomic E-state index is 0.0162. The average molecular weight is 500 g/mol. The Bertz CT molecular complexity index is 1240. The quantitative estimate of drug-likeness (QED) is 0.449. The zero-order valence-electron chi connectivity index (χ0n) is 16.1. The molecule has 3 aromatic rings. The molecular weight excluding hydrogens is 482 g/mol. The highest BCUT2D eigenvalue weighted by molar-refractivity contribution is 9.10. The van der Waals surface area contributed by atoms with Crippen LogP contribution < -0.4 is 15.8 Å². The number of halogens is 1.